The van der Waals surface area contributed by atoms with Gasteiger partial charge in [-0.05, 0) is 6.07 Å². The minimum absolute atomic E-state index is 0.290. The largest absolute Gasteiger partial charge is 0.503 e. The molecule has 1 rings (SSSR count). The molecule has 0 aliphatic carbocycles. The number of rotatable bonds is 0. The van der Waals surface area contributed by atoms with Gasteiger partial charge in [0.05, 0.1) is 0 Å². The van der Waals surface area contributed by atoms with E-state index in [4.69, 9.17) is 10.2 Å². The molecule has 1 aromatic rings. The van der Waals surface area contributed by atoms with Crippen molar-refractivity contribution < 1.29 is 10.2 Å². The van der Waals surface area contributed by atoms with E-state index in [-0.39, 0.29) is 11.3 Å². The smallest absolute Gasteiger partial charge is 0.253 e. The molecule has 0 fully saturated rings. The van der Waals surface area contributed by atoms with Gasteiger partial charge in [-0.25, -0.2) is 0 Å². The summed E-state index contributed by atoms with van der Waals surface area (Å²) in [4.78, 5) is 10.7. The summed E-state index contributed by atoms with van der Waals surface area (Å²) in [7, 11) is 1.37. The van der Waals surface area contributed by atoms with E-state index in [1.54, 1.807) is 0 Å². The molecule has 0 atom stereocenters. The number of pyridine rings is 1. The Labute approximate surface area is 57.0 Å². The SMILES string of the molecule is Cn1c(O)c(O)ccc1=O. The molecule has 0 aliphatic heterocycles. The van der Waals surface area contributed by atoms with E-state index in [1.165, 1.54) is 13.1 Å². The summed E-state index contributed by atoms with van der Waals surface area (Å²) < 4.78 is 0.954. The summed E-state index contributed by atoms with van der Waals surface area (Å²) >= 11 is 0. The summed E-state index contributed by atoms with van der Waals surface area (Å²) in [5.74, 6) is -0.699. The van der Waals surface area contributed by atoms with Gasteiger partial charge in [0.15, 0.2) is 5.75 Å². The molecular weight excluding hydrogens is 134 g/mol. The van der Waals surface area contributed by atoms with Crippen molar-refractivity contribution in [1.82, 2.24) is 4.57 Å². The van der Waals surface area contributed by atoms with Gasteiger partial charge >= 0.3 is 0 Å². The normalized spacial score (nSPS) is 9.70. The number of nitrogens with zero attached hydrogens (tertiary/aromatic N) is 1. The van der Waals surface area contributed by atoms with Gasteiger partial charge < -0.3 is 10.2 Å². The van der Waals surface area contributed by atoms with Crippen LogP contribution in [-0.4, -0.2) is 14.8 Å². The molecule has 10 heavy (non-hydrogen) atoms. The van der Waals surface area contributed by atoms with Gasteiger partial charge in [-0.2, -0.15) is 0 Å². The number of hydrogen-bond acceptors (Lipinski definition) is 3. The molecule has 4 heteroatoms. The molecular formula is C6H7NO3. The maximum absolute atomic E-state index is 10.7. The second kappa shape index (κ2) is 2.06. The summed E-state index contributed by atoms with van der Waals surface area (Å²) in [5, 5.41) is 17.7. The third-order valence-electron chi connectivity index (χ3n) is 1.26. The molecule has 0 unspecified atom stereocenters. The van der Waals surface area contributed by atoms with Gasteiger partial charge in [0.25, 0.3) is 5.56 Å². The van der Waals surface area contributed by atoms with Crippen molar-refractivity contribution in [2.75, 3.05) is 0 Å². The second-order valence-corrected chi connectivity index (χ2v) is 1.94. The Balaban J connectivity index is 3.49. The Kier molecular flexibility index (Phi) is 1.37. The van der Waals surface area contributed by atoms with Crippen molar-refractivity contribution in [3.8, 4) is 11.6 Å². The van der Waals surface area contributed by atoms with Gasteiger partial charge in [0.2, 0.25) is 5.88 Å². The van der Waals surface area contributed by atoms with Crippen molar-refractivity contribution in [1.29, 1.82) is 0 Å². The zero-order chi connectivity index (χ0) is 7.72. The van der Waals surface area contributed by atoms with Crippen molar-refractivity contribution in [2.24, 2.45) is 7.05 Å². The van der Waals surface area contributed by atoms with E-state index >= 15 is 0 Å². The van der Waals surface area contributed by atoms with Crippen LogP contribution in [-0.2, 0) is 7.05 Å². The Morgan fingerprint density at radius 2 is 2.00 bits per heavy atom. The molecule has 4 nitrogen and oxygen atoms in total. The van der Waals surface area contributed by atoms with Crippen LogP contribution in [0, 0.1) is 0 Å². The lowest BCUT2D eigenvalue weighted by Crippen LogP contribution is -2.13. The lowest BCUT2D eigenvalue weighted by molar-refractivity contribution is 0.368. The quantitative estimate of drug-likeness (QED) is 0.525. The highest BCUT2D eigenvalue weighted by atomic mass is 16.3. The molecule has 0 spiro atoms. The molecule has 0 amide bonds. The Hall–Kier alpha value is -1.45. The van der Waals surface area contributed by atoms with Gasteiger partial charge in [-0.15, -0.1) is 0 Å². The first-order chi connectivity index (χ1) is 4.63. The third-order valence-corrected chi connectivity index (χ3v) is 1.26. The third kappa shape index (κ3) is 0.834. The first kappa shape index (κ1) is 6.67. The van der Waals surface area contributed by atoms with Crippen LogP contribution in [0.25, 0.3) is 0 Å². The highest BCUT2D eigenvalue weighted by molar-refractivity contribution is 5.30. The molecule has 0 saturated heterocycles. The second-order valence-electron chi connectivity index (χ2n) is 1.94. The van der Waals surface area contributed by atoms with E-state index in [2.05, 4.69) is 0 Å². The Morgan fingerprint density at radius 1 is 1.40 bits per heavy atom. The average Bonchev–Trinajstić information content (AvgIpc) is 1.93. The molecule has 0 saturated carbocycles. The predicted molar refractivity (Wildman–Crippen MR) is 35.0 cm³/mol. The van der Waals surface area contributed by atoms with E-state index < -0.39 is 5.88 Å². The zero-order valence-electron chi connectivity index (χ0n) is 5.40. The van der Waals surface area contributed by atoms with Crippen molar-refractivity contribution in [3.63, 3.8) is 0 Å². The molecule has 0 bridgehead atoms. The molecule has 1 heterocycles. The fourth-order valence-corrected chi connectivity index (χ4v) is 0.613. The maximum Gasteiger partial charge on any atom is 0.253 e. The molecule has 0 aromatic carbocycles. The number of aromatic hydroxyl groups is 2. The fourth-order valence-electron chi connectivity index (χ4n) is 0.613. The Bertz CT molecular complexity index is 302. The van der Waals surface area contributed by atoms with E-state index in [0.29, 0.717) is 0 Å². The standard InChI is InChI=1S/C6H7NO3/c1-7-5(9)3-2-4(8)6(7)10/h2-3,8,10H,1H3. The van der Waals surface area contributed by atoms with Gasteiger partial charge in [0, 0.05) is 13.1 Å². The monoisotopic (exact) mass is 141 g/mol. The Morgan fingerprint density at radius 3 is 2.50 bits per heavy atom. The van der Waals surface area contributed by atoms with Crippen LogP contribution in [0.5, 0.6) is 11.6 Å². The zero-order valence-corrected chi connectivity index (χ0v) is 5.40. The fraction of sp³-hybridized carbons (Fsp3) is 0.167. The molecule has 54 valence electrons. The van der Waals surface area contributed by atoms with Crippen LogP contribution in [0.15, 0.2) is 16.9 Å². The van der Waals surface area contributed by atoms with Gasteiger partial charge in [-0.3, -0.25) is 9.36 Å². The average molecular weight is 141 g/mol. The van der Waals surface area contributed by atoms with Crippen LogP contribution >= 0.6 is 0 Å². The van der Waals surface area contributed by atoms with E-state index in [0.717, 1.165) is 10.6 Å². The minimum atomic E-state index is -0.410. The number of aromatic nitrogens is 1. The minimum Gasteiger partial charge on any atom is -0.503 e. The molecule has 0 aliphatic rings. The summed E-state index contributed by atoms with van der Waals surface area (Å²) in [5.41, 5.74) is -0.352. The van der Waals surface area contributed by atoms with Crippen molar-refractivity contribution >= 4 is 0 Å². The maximum atomic E-state index is 10.7. The lowest BCUT2D eigenvalue weighted by atomic mass is 10.4. The highest BCUT2D eigenvalue weighted by Crippen LogP contribution is 2.18. The van der Waals surface area contributed by atoms with E-state index in [1.807, 2.05) is 0 Å². The topological polar surface area (TPSA) is 62.5 Å². The first-order valence-corrected chi connectivity index (χ1v) is 2.71. The summed E-state index contributed by atoms with van der Waals surface area (Å²) in [6, 6.07) is 2.33. The van der Waals surface area contributed by atoms with Crippen LogP contribution in [0.1, 0.15) is 0 Å². The lowest BCUT2D eigenvalue weighted by Gasteiger charge is -2.00. The first-order valence-electron chi connectivity index (χ1n) is 2.71. The van der Waals surface area contributed by atoms with Crippen molar-refractivity contribution in [3.05, 3.63) is 22.5 Å². The number of hydrogen-bond donors (Lipinski definition) is 2. The predicted octanol–water partition coefficient (Wildman–Crippen LogP) is -0.204. The van der Waals surface area contributed by atoms with Crippen LogP contribution in [0.4, 0.5) is 0 Å². The van der Waals surface area contributed by atoms with E-state index in [9.17, 15) is 4.79 Å². The highest BCUT2D eigenvalue weighted by Gasteiger charge is 2.01. The van der Waals surface area contributed by atoms with Crippen molar-refractivity contribution in [2.45, 2.75) is 0 Å². The van der Waals surface area contributed by atoms with Crippen LogP contribution < -0.4 is 5.56 Å². The van der Waals surface area contributed by atoms with Crippen LogP contribution in [0.3, 0.4) is 0 Å². The summed E-state index contributed by atoms with van der Waals surface area (Å²) in [6.07, 6.45) is 0. The summed E-state index contributed by atoms with van der Waals surface area (Å²) in [6.45, 7) is 0. The van der Waals surface area contributed by atoms with Gasteiger partial charge in [-0.1, -0.05) is 0 Å². The van der Waals surface area contributed by atoms with Gasteiger partial charge in [0.1, 0.15) is 0 Å². The molecule has 0 radical (unpaired) electrons. The molecule has 2 N–H and O–H groups in total. The molecule has 1 aromatic heterocycles. The van der Waals surface area contributed by atoms with Crippen LogP contribution in [0.2, 0.25) is 0 Å².